The summed E-state index contributed by atoms with van der Waals surface area (Å²) in [6, 6.07) is 6.03. The number of aryl methyl sites for hydroxylation is 1. The average Bonchev–Trinajstić information content (AvgIpc) is 2.60. The Morgan fingerprint density at radius 2 is 1.96 bits per heavy atom. The molecule has 5 nitrogen and oxygen atoms in total. The second-order valence-corrected chi connectivity index (χ2v) is 6.16. The van der Waals surface area contributed by atoms with Crippen molar-refractivity contribution in [1.82, 2.24) is 4.98 Å². The summed E-state index contributed by atoms with van der Waals surface area (Å²) in [5, 5.41) is 10.5. The molecule has 1 aromatic heterocycles. The first kappa shape index (κ1) is 15.9. The van der Waals surface area contributed by atoms with Gasteiger partial charge < -0.3 is 19.5 Å². The highest BCUT2D eigenvalue weighted by atomic mass is 16.5. The summed E-state index contributed by atoms with van der Waals surface area (Å²) in [5.41, 5.74) is 2.07. The van der Waals surface area contributed by atoms with E-state index in [9.17, 15) is 5.11 Å². The van der Waals surface area contributed by atoms with Crippen LogP contribution < -0.4 is 14.4 Å². The van der Waals surface area contributed by atoms with E-state index in [-0.39, 0.29) is 6.61 Å². The predicted molar refractivity (Wildman–Crippen MR) is 91.6 cm³/mol. The number of piperidine rings is 1. The molecule has 2 heterocycles. The topological polar surface area (TPSA) is 54.8 Å². The first-order valence-corrected chi connectivity index (χ1v) is 8.05. The normalized spacial score (nSPS) is 18.3. The van der Waals surface area contributed by atoms with Crippen LogP contribution in [0.15, 0.2) is 18.2 Å². The molecule has 0 saturated carbocycles. The van der Waals surface area contributed by atoms with Gasteiger partial charge in [0.05, 0.1) is 19.7 Å². The number of hydrogen-bond donors (Lipinski definition) is 1. The number of aromatic nitrogens is 1. The van der Waals surface area contributed by atoms with Crippen molar-refractivity contribution in [3.63, 3.8) is 0 Å². The lowest BCUT2D eigenvalue weighted by Crippen LogP contribution is -2.37. The fraction of sp³-hybridized carbons (Fsp3) is 0.500. The van der Waals surface area contributed by atoms with Gasteiger partial charge in [-0.2, -0.15) is 0 Å². The number of pyridine rings is 1. The number of nitrogens with zero attached hydrogens (tertiary/aromatic N) is 2. The zero-order valence-corrected chi connectivity index (χ0v) is 14.0. The van der Waals surface area contributed by atoms with E-state index in [1.54, 1.807) is 14.2 Å². The number of methoxy groups -OCH3 is 2. The van der Waals surface area contributed by atoms with Crippen LogP contribution >= 0.6 is 0 Å². The number of anilines is 1. The molecule has 1 N–H and O–H groups in total. The van der Waals surface area contributed by atoms with Crippen LogP contribution in [-0.4, -0.2) is 44.0 Å². The summed E-state index contributed by atoms with van der Waals surface area (Å²) in [7, 11) is 3.28. The van der Waals surface area contributed by atoms with Crippen LogP contribution in [-0.2, 0) is 0 Å². The Morgan fingerprint density at radius 1 is 1.22 bits per heavy atom. The van der Waals surface area contributed by atoms with Crippen LogP contribution in [0.25, 0.3) is 10.9 Å². The summed E-state index contributed by atoms with van der Waals surface area (Å²) < 4.78 is 10.8. The van der Waals surface area contributed by atoms with Gasteiger partial charge >= 0.3 is 0 Å². The lowest BCUT2D eigenvalue weighted by Gasteiger charge is -2.33. The molecule has 23 heavy (non-hydrogen) atoms. The SMILES string of the molecule is COc1cc2nc(N3CCCC(CO)C3)cc(C)c2cc1OC. The summed E-state index contributed by atoms with van der Waals surface area (Å²) in [4.78, 5) is 7.09. The van der Waals surface area contributed by atoms with Gasteiger partial charge in [0.1, 0.15) is 5.82 Å². The monoisotopic (exact) mass is 316 g/mol. The highest BCUT2D eigenvalue weighted by Crippen LogP contribution is 2.34. The highest BCUT2D eigenvalue weighted by molar-refractivity contribution is 5.87. The number of rotatable bonds is 4. The van der Waals surface area contributed by atoms with Crippen molar-refractivity contribution in [2.24, 2.45) is 5.92 Å². The molecule has 5 heteroatoms. The Kier molecular flexibility index (Phi) is 4.57. The van der Waals surface area contributed by atoms with E-state index in [0.717, 1.165) is 54.0 Å². The maximum Gasteiger partial charge on any atom is 0.162 e. The molecule has 0 aliphatic carbocycles. The number of benzene rings is 1. The Labute approximate surface area is 136 Å². The molecule has 1 aliphatic heterocycles. The van der Waals surface area contributed by atoms with Gasteiger partial charge in [-0.25, -0.2) is 4.98 Å². The van der Waals surface area contributed by atoms with Crippen LogP contribution in [0.2, 0.25) is 0 Å². The lowest BCUT2D eigenvalue weighted by atomic mass is 9.99. The van der Waals surface area contributed by atoms with Crippen molar-refractivity contribution >= 4 is 16.7 Å². The van der Waals surface area contributed by atoms with Gasteiger partial charge in [0, 0.05) is 31.1 Å². The van der Waals surface area contributed by atoms with Crippen molar-refractivity contribution in [1.29, 1.82) is 0 Å². The zero-order chi connectivity index (χ0) is 16.4. The fourth-order valence-corrected chi connectivity index (χ4v) is 3.29. The van der Waals surface area contributed by atoms with E-state index in [1.807, 2.05) is 12.1 Å². The Bertz CT molecular complexity index is 702. The molecule has 0 spiro atoms. The van der Waals surface area contributed by atoms with Crippen molar-refractivity contribution in [3.05, 3.63) is 23.8 Å². The molecule has 1 aromatic carbocycles. The first-order chi connectivity index (χ1) is 11.2. The minimum absolute atomic E-state index is 0.244. The quantitative estimate of drug-likeness (QED) is 0.940. The van der Waals surface area contributed by atoms with Gasteiger partial charge in [-0.1, -0.05) is 0 Å². The van der Waals surface area contributed by atoms with E-state index in [0.29, 0.717) is 11.7 Å². The summed E-state index contributed by atoms with van der Waals surface area (Å²) in [5.74, 6) is 2.72. The van der Waals surface area contributed by atoms with E-state index in [4.69, 9.17) is 14.5 Å². The third-order valence-electron chi connectivity index (χ3n) is 4.61. The maximum atomic E-state index is 9.43. The number of ether oxygens (including phenoxy) is 2. The van der Waals surface area contributed by atoms with Gasteiger partial charge in [-0.3, -0.25) is 0 Å². The number of fused-ring (bicyclic) bond motifs is 1. The molecule has 0 radical (unpaired) electrons. The Balaban J connectivity index is 2.03. The minimum Gasteiger partial charge on any atom is -0.493 e. The molecule has 124 valence electrons. The standard InChI is InChI=1S/C18H24N2O3/c1-12-7-18(20-6-4-5-13(10-20)11-21)19-15-9-17(23-3)16(22-2)8-14(12)15/h7-9,13,21H,4-6,10-11H2,1-3H3. The van der Waals surface area contributed by atoms with Crippen LogP contribution in [0.3, 0.4) is 0 Å². The third kappa shape index (κ3) is 3.06. The Hall–Kier alpha value is -2.01. The number of aliphatic hydroxyl groups excluding tert-OH is 1. The molecular formula is C18H24N2O3. The zero-order valence-electron chi connectivity index (χ0n) is 14.0. The summed E-state index contributed by atoms with van der Waals surface area (Å²) in [6.07, 6.45) is 2.18. The minimum atomic E-state index is 0.244. The van der Waals surface area contributed by atoms with Crippen LogP contribution in [0.1, 0.15) is 18.4 Å². The molecule has 1 saturated heterocycles. The van der Waals surface area contributed by atoms with Gasteiger partial charge in [-0.15, -0.1) is 0 Å². The van der Waals surface area contributed by atoms with Crippen LogP contribution in [0, 0.1) is 12.8 Å². The Morgan fingerprint density at radius 3 is 2.65 bits per heavy atom. The van der Waals surface area contributed by atoms with E-state index >= 15 is 0 Å². The molecule has 2 aromatic rings. The van der Waals surface area contributed by atoms with Gasteiger partial charge in [-0.05, 0) is 43.4 Å². The molecule has 1 fully saturated rings. The fourth-order valence-electron chi connectivity index (χ4n) is 3.29. The largest absolute Gasteiger partial charge is 0.493 e. The maximum absolute atomic E-state index is 9.43. The van der Waals surface area contributed by atoms with Crippen molar-refractivity contribution in [2.75, 3.05) is 38.8 Å². The average molecular weight is 316 g/mol. The highest BCUT2D eigenvalue weighted by Gasteiger charge is 2.21. The van der Waals surface area contributed by atoms with Crippen molar-refractivity contribution in [2.45, 2.75) is 19.8 Å². The molecule has 0 amide bonds. The molecule has 1 unspecified atom stereocenters. The molecule has 1 aliphatic rings. The number of hydrogen-bond acceptors (Lipinski definition) is 5. The molecular weight excluding hydrogens is 292 g/mol. The smallest absolute Gasteiger partial charge is 0.162 e. The lowest BCUT2D eigenvalue weighted by molar-refractivity contribution is 0.208. The van der Waals surface area contributed by atoms with Crippen molar-refractivity contribution in [3.8, 4) is 11.5 Å². The third-order valence-corrected chi connectivity index (χ3v) is 4.61. The van der Waals surface area contributed by atoms with Crippen LogP contribution in [0.4, 0.5) is 5.82 Å². The predicted octanol–water partition coefficient (Wildman–Crippen LogP) is 2.77. The first-order valence-electron chi connectivity index (χ1n) is 8.05. The van der Waals surface area contributed by atoms with Gasteiger partial charge in [0.25, 0.3) is 0 Å². The van der Waals surface area contributed by atoms with E-state index < -0.39 is 0 Å². The molecule has 1 atom stereocenters. The van der Waals surface area contributed by atoms with E-state index in [1.165, 1.54) is 0 Å². The second kappa shape index (κ2) is 6.62. The summed E-state index contributed by atoms with van der Waals surface area (Å²) in [6.45, 7) is 4.18. The van der Waals surface area contributed by atoms with Gasteiger partial charge in [0.2, 0.25) is 0 Å². The van der Waals surface area contributed by atoms with E-state index in [2.05, 4.69) is 17.9 Å². The molecule has 0 bridgehead atoms. The number of aliphatic hydroxyl groups is 1. The van der Waals surface area contributed by atoms with Crippen LogP contribution in [0.5, 0.6) is 11.5 Å². The summed E-state index contributed by atoms with van der Waals surface area (Å²) >= 11 is 0. The second-order valence-electron chi connectivity index (χ2n) is 6.16. The molecule has 3 rings (SSSR count). The van der Waals surface area contributed by atoms with Crippen molar-refractivity contribution < 1.29 is 14.6 Å². The van der Waals surface area contributed by atoms with Gasteiger partial charge in [0.15, 0.2) is 11.5 Å².